The van der Waals surface area contributed by atoms with E-state index in [0.29, 0.717) is 18.3 Å². The van der Waals surface area contributed by atoms with Crippen LogP contribution in [0.5, 0.6) is 0 Å². The fourth-order valence-corrected chi connectivity index (χ4v) is 2.82. The Hall–Kier alpha value is -2.99. The monoisotopic (exact) mass is 364 g/mol. The molecule has 0 saturated carbocycles. The molecule has 0 atom stereocenters. The van der Waals surface area contributed by atoms with Crippen molar-refractivity contribution in [3.05, 3.63) is 65.0 Å². The fourth-order valence-electron chi connectivity index (χ4n) is 2.82. The van der Waals surface area contributed by atoms with Crippen LogP contribution in [0, 0.1) is 20.8 Å². The molecular weight excluding hydrogens is 340 g/mol. The number of amides is 1. The SMILES string of the molecule is Cc1cccc(-c2nnc(CN(C)CC(=O)Nc3cccc(C)c3C)o2)c1. The molecule has 0 radical (unpaired) electrons. The highest BCUT2D eigenvalue weighted by molar-refractivity contribution is 5.93. The molecule has 140 valence electrons. The van der Waals surface area contributed by atoms with Crippen LogP contribution in [0.3, 0.4) is 0 Å². The molecule has 2 aromatic carbocycles. The summed E-state index contributed by atoms with van der Waals surface area (Å²) in [6.45, 7) is 6.68. The van der Waals surface area contributed by atoms with Gasteiger partial charge in [0, 0.05) is 11.3 Å². The van der Waals surface area contributed by atoms with E-state index in [-0.39, 0.29) is 12.5 Å². The third-order valence-corrected chi connectivity index (χ3v) is 4.43. The van der Waals surface area contributed by atoms with E-state index in [1.165, 1.54) is 0 Å². The summed E-state index contributed by atoms with van der Waals surface area (Å²) in [5.74, 6) is 0.889. The lowest BCUT2D eigenvalue weighted by atomic mass is 10.1. The molecular formula is C21H24N4O2. The number of likely N-dealkylation sites (N-methyl/N-ethyl adjacent to an activating group) is 1. The molecule has 3 aromatic rings. The average molecular weight is 364 g/mol. The van der Waals surface area contributed by atoms with Crippen LogP contribution in [0.25, 0.3) is 11.5 Å². The minimum atomic E-state index is -0.0791. The Balaban J connectivity index is 1.58. The number of nitrogens with zero attached hydrogens (tertiary/aromatic N) is 3. The van der Waals surface area contributed by atoms with Gasteiger partial charge in [0.25, 0.3) is 0 Å². The number of benzene rings is 2. The van der Waals surface area contributed by atoms with Crippen molar-refractivity contribution in [3.63, 3.8) is 0 Å². The Morgan fingerprint density at radius 1 is 1.11 bits per heavy atom. The van der Waals surface area contributed by atoms with E-state index in [1.54, 1.807) is 0 Å². The number of hydrogen-bond donors (Lipinski definition) is 1. The van der Waals surface area contributed by atoms with Crippen molar-refractivity contribution >= 4 is 11.6 Å². The highest BCUT2D eigenvalue weighted by Crippen LogP contribution is 2.20. The topological polar surface area (TPSA) is 71.3 Å². The summed E-state index contributed by atoms with van der Waals surface area (Å²) in [5, 5.41) is 11.2. The van der Waals surface area contributed by atoms with Crippen molar-refractivity contribution in [2.24, 2.45) is 0 Å². The highest BCUT2D eigenvalue weighted by atomic mass is 16.4. The zero-order valence-corrected chi connectivity index (χ0v) is 16.1. The number of anilines is 1. The standard InChI is InChI=1S/C21H24N4O2/c1-14-7-5-9-17(11-14)21-24-23-20(27-21)13-25(4)12-19(26)22-18-10-6-8-15(2)16(18)3/h5-11H,12-13H2,1-4H3,(H,22,26). The van der Waals surface area contributed by atoms with E-state index in [0.717, 1.165) is 27.9 Å². The first-order valence-electron chi connectivity index (χ1n) is 8.86. The van der Waals surface area contributed by atoms with Crippen LogP contribution in [-0.4, -0.2) is 34.6 Å². The summed E-state index contributed by atoms with van der Waals surface area (Å²) >= 11 is 0. The number of aryl methyl sites for hydroxylation is 2. The molecule has 1 aromatic heterocycles. The molecule has 1 N–H and O–H groups in total. The lowest BCUT2D eigenvalue weighted by molar-refractivity contribution is -0.117. The minimum Gasteiger partial charge on any atom is -0.419 e. The van der Waals surface area contributed by atoms with Gasteiger partial charge in [0.2, 0.25) is 17.7 Å². The molecule has 0 aliphatic heterocycles. The van der Waals surface area contributed by atoms with Crippen molar-refractivity contribution in [1.82, 2.24) is 15.1 Å². The van der Waals surface area contributed by atoms with E-state index in [2.05, 4.69) is 15.5 Å². The fraction of sp³-hybridized carbons (Fsp3) is 0.286. The maximum Gasteiger partial charge on any atom is 0.247 e. The largest absolute Gasteiger partial charge is 0.419 e. The Morgan fingerprint density at radius 2 is 1.89 bits per heavy atom. The van der Waals surface area contributed by atoms with Crippen molar-refractivity contribution in [2.45, 2.75) is 27.3 Å². The maximum absolute atomic E-state index is 12.3. The van der Waals surface area contributed by atoms with Gasteiger partial charge < -0.3 is 9.73 Å². The molecule has 1 amide bonds. The molecule has 0 unspecified atom stereocenters. The van der Waals surface area contributed by atoms with Gasteiger partial charge in [0.1, 0.15) is 0 Å². The molecule has 3 rings (SSSR count). The zero-order chi connectivity index (χ0) is 19.4. The van der Waals surface area contributed by atoms with Gasteiger partial charge in [-0.15, -0.1) is 10.2 Å². The molecule has 0 saturated heterocycles. The molecule has 0 aliphatic rings. The van der Waals surface area contributed by atoms with Crippen LogP contribution >= 0.6 is 0 Å². The van der Waals surface area contributed by atoms with Crippen LogP contribution in [0.2, 0.25) is 0 Å². The number of carbonyl (C=O) groups is 1. The number of aromatic nitrogens is 2. The summed E-state index contributed by atoms with van der Waals surface area (Å²) in [6.07, 6.45) is 0. The highest BCUT2D eigenvalue weighted by Gasteiger charge is 2.14. The van der Waals surface area contributed by atoms with Gasteiger partial charge in [-0.05, 0) is 57.1 Å². The molecule has 0 spiro atoms. The van der Waals surface area contributed by atoms with Gasteiger partial charge in [0.05, 0.1) is 13.1 Å². The van der Waals surface area contributed by atoms with Gasteiger partial charge in [-0.25, -0.2) is 0 Å². The Kier molecular flexibility index (Phi) is 5.66. The van der Waals surface area contributed by atoms with Gasteiger partial charge in [0.15, 0.2) is 0 Å². The summed E-state index contributed by atoms with van der Waals surface area (Å²) in [5.41, 5.74) is 5.09. The predicted molar refractivity (Wildman–Crippen MR) is 105 cm³/mol. The van der Waals surface area contributed by atoms with Crippen molar-refractivity contribution in [2.75, 3.05) is 18.9 Å². The first-order chi connectivity index (χ1) is 12.9. The van der Waals surface area contributed by atoms with E-state index < -0.39 is 0 Å². The second-order valence-corrected chi connectivity index (χ2v) is 6.84. The second kappa shape index (κ2) is 8.14. The smallest absolute Gasteiger partial charge is 0.247 e. The molecule has 6 heteroatoms. The molecule has 0 bridgehead atoms. The normalized spacial score (nSPS) is 11.0. The summed E-state index contributed by atoms with van der Waals surface area (Å²) in [4.78, 5) is 14.2. The summed E-state index contributed by atoms with van der Waals surface area (Å²) < 4.78 is 5.73. The molecule has 0 fully saturated rings. The van der Waals surface area contributed by atoms with Crippen LogP contribution in [0.15, 0.2) is 46.9 Å². The van der Waals surface area contributed by atoms with Gasteiger partial charge in [-0.2, -0.15) is 0 Å². The first-order valence-corrected chi connectivity index (χ1v) is 8.86. The number of carbonyl (C=O) groups excluding carboxylic acids is 1. The Bertz CT molecular complexity index is 949. The van der Waals surface area contributed by atoms with Crippen molar-refractivity contribution in [1.29, 1.82) is 0 Å². The summed E-state index contributed by atoms with van der Waals surface area (Å²) in [6, 6.07) is 13.8. The minimum absolute atomic E-state index is 0.0791. The van der Waals surface area contributed by atoms with E-state index in [9.17, 15) is 4.79 Å². The van der Waals surface area contributed by atoms with E-state index in [4.69, 9.17) is 4.42 Å². The third kappa shape index (κ3) is 4.80. The quantitative estimate of drug-likeness (QED) is 0.721. The maximum atomic E-state index is 12.3. The number of rotatable bonds is 6. The lowest BCUT2D eigenvalue weighted by Crippen LogP contribution is -2.30. The Morgan fingerprint density at radius 3 is 2.67 bits per heavy atom. The molecule has 6 nitrogen and oxygen atoms in total. The van der Waals surface area contributed by atoms with E-state index >= 15 is 0 Å². The summed E-state index contributed by atoms with van der Waals surface area (Å²) in [7, 11) is 1.85. The van der Waals surface area contributed by atoms with Crippen LogP contribution in [-0.2, 0) is 11.3 Å². The van der Waals surface area contributed by atoms with Crippen LogP contribution < -0.4 is 5.32 Å². The van der Waals surface area contributed by atoms with Gasteiger partial charge in [-0.1, -0.05) is 29.8 Å². The van der Waals surface area contributed by atoms with Gasteiger partial charge in [-0.3, -0.25) is 9.69 Å². The van der Waals surface area contributed by atoms with Gasteiger partial charge >= 0.3 is 0 Å². The van der Waals surface area contributed by atoms with Crippen LogP contribution in [0.1, 0.15) is 22.6 Å². The lowest BCUT2D eigenvalue weighted by Gasteiger charge is -2.15. The third-order valence-electron chi connectivity index (χ3n) is 4.43. The molecule has 0 aliphatic carbocycles. The first kappa shape index (κ1) is 18.8. The zero-order valence-electron chi connectivity index (χ0n) is 16.1. The second-order valence-electron chi connectivity index (χ2n) is 6.84. The Labute approximate surface area is 159 Å². The van der Waals surface area contributed by atoms with Crippen molar-refractivity contribution < 1.29 is 9.21 Å². The number of hydrogen-bond acceptors (Lipinski definition) is 5. The van der Waals surface area contributed by atoms with Crippen molar-refractivity contribution in [3.8, 4) is 11.5 Å². The molecule has 27 heavy (non-hydrogen) atoms. The van der Waals surface area contributed by atoms with E-state index in [1.807, 2.05) is 75.2 Å². The average Bonchev–Trinajstić information content (AvgIpc) is 3.07. The predicted octanol–water partition coefficient (Wildman–Crippen LogP) is 3.73. The molecule has 1 heterocycles. The number of nitrogens with one attached hydrogen (secondary N) is 1. The van der Waals surface area contributed by atoms with Crippen LogP contribution in [0.4, 0.5) is 5.69 Å².